The number of H-pyrrole nitrogens is 1. The van der Waals surface area contributed by atoms with E-state index in [-0.39, 0.29) is 29.8 Å². The lowest BCUT2D eigenvalue weighted by Gasteiger charge is -2.11. The van der Waals surface area contributed by atoms with E-state index in [1.54, 1.807) is 19.2 Å². The van der Waals surface area contributed by atoms with Gasteiger partial charge < -0.3 is 15.6 Å². The van der Waals surface area contributed by atoms with Crippen LogP contribution in [0.4, 0.5) is 4.39 Å². The minimum absolute atomic E-state index is 0. The number of aliphatic imine (C=N–C) groups is 1. The van der Waals surface area contributed by atoms with Crippen LogP contribution < -0.4 is 10.6 Å². The second-order valence-electron chi connectivity index (χ2n) is 6.04. The van der Waals surface area contributed by atoms with Crippen molar-refractivity contribution in [3.05, 3.63) is 66.1 Å². The lowest BCUT2D eigenvalue weighted by Crippen LogP contribution is -2.40. The number of guanidine groups is 1. The highest BCUT2D eigenvalue weighted by Gasteiger charge is 2.06. The first kappa shape index (κ1) is 22.4. The zero-order valence-corrected chi connectivity index (χ0v) is 18.7. The number of nitrogens with one attached hydrogen (secondary N) is 3. The van der Waals surface area contributed by atoms with Crippen LogP contribution in [-0.4, -0.2) is 41.0 Å². The third kappa shape index (κ3) is 6.03. The van der Waals surface area contributed by atoms with Crippen LogP contribution in [0.3, 0.4) is 0 Å². The Labute approximate surface area is 183 Å². The van der Waals surface area contributed by atoms with E-state index in [1.165, 1.54) is 6.07 Å². The van der Waals surface area contributed by atoms with Crippen LogP contribution in [0.5, 0.6) is 0 Å². The quantitative estimate of drug-likeness (QED) is 0.257. The molecule has 0 bridgehead atoms. The van der Waals surface area contributed by atoms with E-state index >= 15 is 0 Å². The average molecular weight is 514 g/mol. The van der Waals surface area contributed by atoms with E-state index in [9.17, 15) is 8.60 Å². The summed E-state index contributed by atoms with van der Waals surface area (Å²) in [6.07, 6.45) is 2.64. The third-order valence-electron chi connectivity index (χ3n) is 4.23. The van der Waals surface area contributed by atoms with Gasteiger partial charge in [0.05, 0.1) is 10.8 Å². The number of rotatable bonds is 7. The molecule has 28 heavy (non-hydrogen) atoms. The molecule has 2 aromatic carbocycles. The number of aromatic amines is 1. The summed E-state index contributed by atoms with van der Waals surface area (Å²) in [6.45, 7) is 1.21. The van der Waals surface area contributed by atoms with Gasteiger partial charge in [-0.25, -0.2) is 4.39 Å². The number of benzene rings is 2. The van der Waals surface area contributed by atoms with Gasteiger partial charge in [0, 0.05) is 47.9 Å². The van der Waals surface area contributed by atoms with E-state index < -0.39 is 10.8 Å². The molecule has 8 heteroatoms. The molecule has 0 fully saturated rings. The second-order valence-corrected chi connectivity index (χ2v) is 7.61. The molecule has 0 radical (unpaired) electrons. The molecule has 1 aromatic heterocycles. The molecule has 0 saturated carbocycles. The smallest absolute Gasteiger partial charge is 0.191 e. The predicted octanol–water partition coefficient (Wildman–Crippen LogP) is 3.44. The van der Waals surface area contributed by atoms with Gasteiger partial charge in [0.1, 0.15) is 5.82 Å². The summed E-state index contributed by atoms with van der Waals surface area (Å²) in [6, 6.07) is 14.2. The van der Waals surface area contributed by atoms with Crippen molar-refractivity contribution in [2.45, 2.75) is 11.3 Å². The molecule has 3 aromatic rings. The Morgan fingerprint density at radius 3 is 2.64 bits per heavy atom. The van der Waals surface area contributed by atoms with E-state index in [4.69, 9.17) is 0 Å². The van der Waals surface area contributed by atoms with Crippen molar-refractivity contribution in [3.63, 3.8) is 0 Å². The Balaban J connectivity index is 0.00000280. The van der Waals surface area contributed by atoms with Gasteiger partial charge in [-0.2, -0.15) is 0 Å². The standard InChI is InChI=1S/C20H23FN4OS.HI/c1-22-20(24-11-12-27(26)17-5-3-2-4-6-17)23-10-9-15-14-25-19-8-7-16(21)13-18(15)19;/h2-8,13-14,25H,9-12H2,1H3,(H2,22,23,24);1H. The van der Waals surface area contributed by atoms with Gasteiger partial charge in [-0.05, 0) is 42.3 Å². The van der Waals surface area contributed by atoms with Crippen LogP contribution in [0.15, 0.2) is 64.6 Å². The summed E-state index contributed by atoms with van der Waals surface area (Å²) in [5.41, 5.74) is 1.98. The minimum Gasteiger partial charge on any atom is -0.361 e. The number of fused-ring (bicyclic) bond motifs is 1. The predicted molar refractivity (Wildman–Crippen MR) is 124 cm³/mol. The van der Waals surface area contributed by atoms with Crippen molar-refractivity contribution in [2.75, 3.05) is 25.9 Å². The van der Waals surface area contributed by atoms with Crippen molar-refractivity contribution in [1.29, 1.82) is 0 Å². The van der Waals surface area contributed by atoms with Crippen LogP contribution in [0.25, 0.3) is 10.9 Å². The monoisotopic (exact) mass is 514 g/mol. The lowest BCUT2D eigenvalue weighted by atomic mass is 10.1. The van der Waals surface area contributed by atoms with Crippen molar-refractivity contribution >= 4 is 51.6 Å². The molecule has 1 atom stereocenters. The Morgan fingerprint density at radius 1 is 1.14 bits per heavy atom. The fourth-order valence-electron chi connectivity index (χ4n) is 2.85. The third-order valence-corrected chi connectivity index (χ3v) is 5.60. The molecule has 0 spiro atoms. The molecule has 3 rings (SSSR count). The first-order chi connectivity index (χ1) is 13.2. The topological polar surface area (TPSA) is 69.3 Å². The minimum atomic E-state index is -1.03. The van der Waals surface area contributed by atoms with Gasteiger partial charge >= 0.3 is 0 Å². The Morgan fingerprint density at radius 2 is 1.89 bits per heavy atom. The zero-order chi connectivity index (χ0) is 19.1. The van der Waals surface area contributed by atoms with E-state index in [0.717, 1.165) is 27.8 Å². The average Bonchev–Trinajstić information content (AvgIpc) is 3.09. The maximum atomic E-state index is 13.4. The van der Waals surface area contributed by atoms with Crippen LogP contribution in [-0.2, 0) is 17.2 Å². The van der Waals surface area contributed by atoms with Crippen molar-refractivity contribution < 1.29 is 8.60 Å². The molecular weight excluding hydrogens is 490 g/mol. The zero-order valence-electron chi connectivity index (χ0n) is 15.6. The summed E-state index contributed by atoms with van der Waals surface area (Å²) in [7, 11) is 0.664. The highest BCUT2D eigenvalue weighted by atomic mass is 127. The molecule has 0 amide bonds. The summed E-state index contributed by atoms with van der Waals surface area (Å²) < 4.78 is 25.7. The SMILES string of the molecule is CN=C(NCCc1c[nH]c2ccc(F)cc12)NCCS(=O)c1ccccc1.I. The number of hydrogen-bond donors (Lipinski definition) is 3. The molecule has 0 aliphatic heterocycles. The van der Waals surface area contributed by atoms with Crippen LogP contribution in [0.1, 0.15) is 5.56 Å². The molecule has 5 nitrogen and oxygen atoms in total. The molecule has 3 N–H and O–H groups in total. The normalized spacial score (nSPS) is 12.4. The molecule has 0 aliphatic carbocycles. The van der Waals surface area contributed by atoms with Gasteiger partial charge in [0.25, 0.3) is 0 Å². The number of hydrogen-bond acceptors (Lipinski definition) is 2. The van der Waals surface area contributed by atoms with E-state index in [0.29, 0.717) is 24.8 Å². The highest BCUT2D eigenvalue weighted by Crippen LogP contribution is 2.19. The Hall–Kier alpha value is -1.94. The summed E-state index contributed by atoms with van der Waals surface area (Å²) in [4.78, 5) is 8.16. The molecule has 0 aliphatic rings. The molecule has 150 valence electrons. The van der Waals surface area contributed by atoms with E-state index in [2.05, 4.69) is 20.6 Å². The van der Waals surface area contributed by atoms with Crippen LogP contribution >= 0.6 is 24.0 Å². The molecule has 0 saturated heterocycles. The summed E-state index contributed by atoms with van der Waals surface area (Å²) >= 11 is 0. The maximum absolute atomic E-state index is 13.4. The van der Waals surface area contributed by atoms with Gasteiger partial charge in [-0.1, -0.05) is 18.2 Å². The number of halogens is 2. The first-order valence-corrected chi connectivity index (χ1v) is 10.1. The van der Waals surface area contributed by atoms with Gasteiger partial charge in [0.15, 0.2) is 5.96 Å². The summed E-state index contributed by atoms with van der Waals surface area (Å²) in [5, 5.41) is 7.31. The summed E-state index contributed by atoms with van der Waals surface area (Å²) in [5.74, 6) is 0.929. The largest absolute Gasteiger partial charge is 0.361 e. The van der Waals surface area contributed by atoms with Crippen LogP contribution in [0, 0.1) is 5.82 Å². The Kier molecular flexibility index (Phi) is 8.91. The fraction of sp³-hybridized carbons (Fsp3) is 0.250. The van der Waals surface area contributed by atoms with Crippen molar-refractivity contribution in [3.8, 4) is 0 Å². The van der Waals surface area contributed by atoms with Crippen molar-refractivity contribution in [1.82, 2.24) is 15.6 Å². The highest BCUT2D eigenvalue weighted by molar-refractivity contribution is 14.0. The van der Waals surface area contributed by atoms with Crippen LogP contribution in [0.2, 0.25) is 0 Å². The fourth-order valence-corrected chi connectivity index (χ4v) is 3.83. The van der Waals surface area contributed by atoms with Gasteiger partial charge in [-0.15, -0.1) is 24.0 Å². The first-order valence-electron chi connectivity index (χ1n) is 8.81. The van der Waals surface area contributed by atoms with Gasteiger partial charge in [-0.3, -0.25) is 9.20 Å². The maximum Gasteiger partial charge on any atom is 0.191 e. The molecule has 1 unspecified atom stereocenters. The number of nitrogens with zero attached hydrogens (tertiary/aromatic N) is 1. The molecular formula is C20H24FIN4OS. The van der Waals surface area contributed by atoms with Gasteiger partial charge in [0.2, 0.25) is 0 Å². The Bertz CT molecular complexity index is 946. The second kappa shape index (κ2) is 11.2. The lowest BCUT2D eigenvalue weighted by molar-refractivity contribution is 0.629. The van der Waals surface area contributed by atoms with E-state index in [1.807, 2.05) is 36.5 Å². The molecule has 1 heterocycles. The number of aromatic nitrogens is 1. The van der Waals surface area contributed by atoms with Crippen molar-refractivity contribution in [2.24, 2.45) is 4.99 Å².